The highest BCUT2D eigenvalue weighted by molar-refractivity contribution is 7.67. The average Bonchev–Trinajstić information content (AvgIpc) is 3.20. The van der Waals surface area contributed by atoms with Gasteiger partial charge >= 0.3 is 0 Å². The van der Waals surface area contributed by atoms with E-state index in [1.54, 1.807) is 12.1 Å². The zero-order valence-corrected chi connectivity index (χ0v) is 21.0. The lowest BCUT2D eigenvalue weighted by atomic mass is 9.84. The van der Waals surface area contributed by atoms with Crippen molar-refractivity contribution in [1.82, 2.24) is 9.45 Å². The minimum atomic E-state index is -2.48. The van der Waals surface area contributed by atoms with Gasteiger partial charge in [-0.15, -0.1) is 0 Å². The van der Waals surface area contributed by atoms with Crippen LogP contribution < -0.4 is 4.90 Å². The quantitative estimate of drug-likeness (QED) is 0.299. The van der Waals surface area contributed by atoms with Crippen LogP contribution >= 0.6 is 7.36 Å². The molecule has 4 rings (SSSR count). The van der Waals surface area contributed by atoms with Gasteiger partial charge in [0.2, 0.25) is 0 Å². The summed E-state index contributed by atoms with van der Waals surface area (Å²) in [5.74, 6) is 0. The van der Waals surface area contributed by atoms with Gasteiger partial charge in [0.05, 0.1) is 22.1 Å². The molecule has 33 heavy (non-hydrogen) atoms. The first-order valence-corrected chi connectivity index (χ1v) is 12.8. The van der Waals surface area contributed by atoms with Crippen molar-refractivity contribution < 1.29 is 4.92 Å². The largest absolute Gasteiger partial charge is 0.346 e. The molecule has 0 N–H and O–H groups in total. The van der Waals surface area contributed by atoms with Gasteiger partial charge in [-0.1, -0.05) is 45.9 Å². The number of anilines is 1. The summed E-state index contributed by atoms with van der Waals surface area (Å²) in [4.78, 5) is 13.0. The van der Waals surface area contributed by atoms with E-state index in [9.17, 15) is 10.1 Å². The predicted molar refractivity (Wildman–Crippen MR) is 136 cm³/mol. The number of non-ortho nitro benzene ring substituents is 1. The molecule has 0 amide bonds. The third-order valence-electron chi connectivity index (χ3n) is 6.62. The second-order valence-electron chi connectivity index (χ2n) is 8.75. The van der Waals surface area contributed by atoms with Crippen LogP contribution in [-0.2, 0) is 5.41 Å². The summed E-state index contributed by atoms with van der Waals surface area (Å²) < 4.78 is 9.73. The van der Waals surface area contributed by atoms with E-state index in [0.29, 0.717) is 5.69 Å². The summed E-state index contributed by atoms with van der Waals surface area (Å²) >= 11 is 0. The first kappa shape index (κ1) is 23.2. The Morgan fingerprint density at radius 1 is 1.09 bits per heavy atom. The molecule has 0 fully saturated rings. The third kappa shape index (κ3) is 3.49. The highest BCUT2D eigenvalue weighted by atomic mass is 31.2. The molecule has 0 saturated carbocycles. The number of benzene rings is 2. The number of hydrogen-bond acceptors (Lipinski definition) is 5. The molecule has 0 aliphatic carbocycles. The van der Waals surface area contributed by atoms with Gasteiger partial charge in [-0.2, -0.15) is 5.10 Å². The molecule has 174 valence electrons. The Bertz CT molecular complexity index is 1200. The van der Waals surface area contributed by atoms with Crippen LogP contribution in [0.1, 0.15) is 33.3 Å². The second kappa shape index (κ2) is 8.43. The van der Waals surface area contributed by atoms with E-state index in [2.05, 4.69) is 68.6 Å². The van der Waals surface area contributed by atoms with Gasteiger partial charge in [0, 0.05) is 56.1 Å². The predicted octanol–water partition coefficient (Wildman–Crippen LogP) is 6.17. The van der Waals surface area contributed by atoms with Crippen molar-refractivity contribution in [3.05, 3.63) is 75.2 Å². The van der Waals surface area contributed by atoms with E-state index in [4.69, 9.17) is 9.85 Å². The van der Waals surface area contributed by atoms with Gasteiger partial charge in [0.15, 0.2) is 7.36 Å². The highest BCUT2D eigenvalue weighted by Crippen LogP contribution is 2.69. The van der Waals surface area contributed by atoms with Gasteiger partial charge in [-0.3, -0.25) is 10.1 Å². The Kier molecular flexibility index (Phi) is 5.93. The number of hydrazone groups is 1. The molecular formula is C24H31N6O2P. The summed E-state index contributed by atoms with van der Waals surface area (Å²) in [6, 6.07) is 15.0. The topological polar surface area (TPSA) is 77.6 Å². The summed E-state index contributed by atoms with van der Waals surface area (Å²) in [6.07, 6.45) is 1.97. The number of hydrogen-bond donors (Lipinski definition) is 0. The number of rotatable bonds is 5. The highest BCUT2D eigenvalue weighted by Gasteiger charge is 2.47. The van der Waals surface area contributed by atoms with Crippen LogP contribution in [0.15, 0.2) is 69.4 Å². The lowest BCUT2D eigenvalue weighted by Crippen LogP contribution is -2.30. The molecule has 2 aliphatic rings. The molecule has 0 radical (unpaired) electrons. The number of fused-ring (bicyclic) bond motifs is 1. The minimum absolute atomic E-state index is 0.0610. The number of likely N-dealkylation sites (N-methyl/N-ethyl adjacent to an activating group) is 1. The SMILES string of the molecule is CCN(CC)[P@]1(=Nc2ccc([N+](=O)[O-])cc2)/C(=C2/N(C)c3ccccc3C2(C)C)C=NN1C. The molecular weight excluding hydrogens is 435 g/mol. The maximum absolute atomic E-state index is 11.1. The fourth-order valence-corrected chi connectivity index (χ4v) is 8.74. The van der Waals surface area contributed by atoms with Crippen LogP contribution in [0, 0.1) is 10.1 Å². The van der Waals surface area contributed by atoms with Gasteiger partial charge in [-0.05, 0) is 23.8 Å². The van der Waals surface area contributed by atoms with Crippen molar-refractivity contribution >= 4 is 30.6 Å². The van der Waals surface area contributed by atoms with E-state index >= 15 is 0 Å². The molecule has 2 aromatic rings. The molecule has 0 unspecified atom stereocenters. The van der Waals surface area contributed by atoms with Crippen molar-refractivity contribution in [1.29, 1.82) is 0 Å². The van der Waals surface area contributed by atoms with Crippen LogP contribution in [0.5, 0.6) is 0 Å². The molecule has 0 bridgehead atoms. The van der Waals surface area contributed by atoms with E-state index in [1.807, 2.05) is 18.0 Å². The molecule has 2 aromatic carbocycles. The van der Waals surface area contributed by atoms with Gasteiger partial charge < -0.3 is 4.90 Å². The molecule has 0 saturated heterocycles. The molecule has 2 aliphatic heterocycles. The van der Waals surface area contributed by atoms with E-state index < -0.39 is 7.36 Å². The molecule has 0 aromatic heterocycles. The van der Waals surface area contributed by atoms with Gasteiger partial charge in [0.25, 0.3) is 5.69 Å². The Labute approximate surface area is 195 Å². The Morgan fingerprint density at radius 3 is 2.30 bits per heavy atom. The maximum atomic E-state index is 11.1. The average molecular weight is 467 g/mol. The second-order valence-corrected chi connectivity index (χ2v) is 11.7. The first-order valence-electron chi connectivity index (χ1n) is 11.2. The summed E-state index contributed by atoms with van der Waals surface area (Å²) in [7, 11) is 1.63. The monoisotopic (exact) mass is 466 g/mol. The number of nitro benzene ring substituents is 1. The smallest absolute Gasteiger partial charge is 0.269 e. The molecule has 8 nitrogen and oxygen atoms in total. The normalized spacial score (nSPS) is 23.4. The van der Waals surface area contributed by atoms with E-state index in [1.165, 1.54) is 29.1 Å². The standard InChI is InChI=1S/C24H31N6O2P/c1-7-29(8-2)33(26-18-13-15-19(16-14-18)30(31)32)22(17-25-28(33)6)23-24(3,4)20-11-9-10-12-21(20)27(23)5/h9-17H,7-8H2,1-6H3/b23-22+/t33-/m0/s1. The Balaban J connectivity index is 2.02. The van der Waals surface area contributed by atoms with Crippen LogP contribution in [-0.4, -0.2) is 47.8 Å². The lowest BCUT2D eigenvalue weighted by Gasteiger charge is -2.39. The van der Waals surface area contributed by atoms with Crippen molar-refractivity contribution in [3.63, 3.8) is 0 Å². The minimum Gasteiger partial charge on any atom is -0.346 e. The summed E-state index contributed by atoms with van der Waals surface area (Å²) in [6.45, 7) is 10.4. The van der Waals surface area contributed by atoms with Crippen molar-refractivity contribution in [2.75, 3.05) is 32.1 Å². The number of nitro groups is 1. The lowest BCUT2D eigenvalue weighted by molar-refractivity contribution is -0.384. The molecule has 2 heterocycles. The third-order valence-corrected chi connectivity index (χ3v) is 10.4. The fourth-order valence-electron chi connectivity index (χ4n) is 5.04. The maximum Gasteiger partial charge on any atom is 0.269 e. The van der Waals surface area contributed by atoms with Gasteiger partial charge in [0.1, 0.15) is 0 Å². The van der Waals surface area contributed by atoms with E-state index in [0.717, 1.165) is 18.4 Å². The van der Waals surface area contributed by atoms with E-state index in [-0.39, 0.29) is 16.0 Å². The molecule has 0 spiro atoms. The Morgan fingerprint density at radius 2 is 1.73 bits per heavy atom. The van der Waals surface area contributed by atoms with Crippen molar-refractivity contribution in [3.8, 4) is 0 Å². The van der Waals surface area contributed by atoms with Crippen LogP contribution in [0.3, 0.4) is 0 Å². The van der Waals surface area contributed by atoms with Gasteiger partial charge in [-0.25, -0.2) is 14.2 Å². The Hall–Kier alpha value is -2.96. The fraction of sp³-hybridized carbons (Fsp3) is 0.375. The van der Waals surface area contributed by atoms with Crippen LogP contribution in [0.2, 0.25) is 0 Å². The van der Waals surface area contributed by atoms with Crippen LogP contribution in [0.25, 0.3) is 0 Å². The number of para-hydroxylation sites is 1. The van der Waals surface area contributed by atoms with Crippen molar-refractivity contribution in [2.45, 2.75) is 33.1 Å². The summed E-state index contributed by atoms with van der Waals surface area (Å²) in [5, 5.41) is 17.0. The summed E-state index contributed by atoms with van der Waals surface area (Å²) in [5.41, 5.74) is 4.23. The number of nitrogens with zero attached hydrogens (tertiary/aromatic N) is 6. The zero-order chi connectivity index (χ0) is 24.0. The first-order chi connectivity index (χ1) is 15.7. The van der Waals surface area contributed by atoms with Crippen LogP contribution in [0.4, 0.5) is 17.1 Å². The van der Waals surface area contributed by atoms with Crippen molar-refractivity contribution in [2.24, 2.45) is 9.85 Å². The molecule has 1 atom stereocenters. The zero-order valence-electron chi connectivity index (χ0n) is 20.1. The number of allylic oxidation sites excluding steroid dienone is 2. The molecule has 9 heteroatoms.